The highest BCUT2D eigenvalue weighted by Crippen LogP contribution is 2.44. The molecule has 0 spiro atoms. The maximum absolute atomic E-state index is 2.56. The molecule has 1 aliphatic carbocycles. The number of rotatable bonds is 1. The Morgan fingerprint density at radius 2 is 1.44 bits per heavy atom. The Morgan fingerprint density at radius 1 is 0.875 bits per heavy atom. The van der Waals surface area contributed by atoms with Gasteiger partial charge >= 0.3 is 0 Å². The molecule has 90 valence electrons. The largest absolute Gasteiger partial charge is 0.105 e. The lowest BCUT2D eigenvalue weighted by Gasteiger charge is -2.14. The van der Waals surface area contributed by atoms with Crippen molar-refractivity contribution in [2.45, 2.75) is 70.1 Å². The summed E-state index contributed by atoms with van der Waals surface area (Å²) in [5.41, 5.74) is 0. The van der Waals surface area contributed by atoms with Crippen LogP contribution >= 0.6 is 23.3 Å². The van der Waals surface area contributed by atoms with Gasteiger partial charge in [-0.3, -0.25) is 0 Å². The Labute approximate surface area is 105 Å². The van der Waals surface area contributed by atoms with Crippen molar-refractivity contribution in [2.24, 2.45) is 0 Å². The highest BCUT2D eigenvalue weighted by atomic mass is 32.1. The van der Waals surface area contributed by atoms with Gasteiger partial charge in [0, 0.05) is 0 Å². The van der Waals surface area contributed by atoms with Crippen LogP contribution in [0, 0.1) is 0 Å². The third-order valence-electron chi connectivity index (χ3n) is 3.71. The van der Waals surface area contributed by atoms with Gasteiger partial charge < -0.3 is 0 Å². The third-order valence-corrected chi connectivity index (χ3v) is 9.00. The van der Waals surface area contributed by atoms with Gasteiger partial charge in [-0.05, 0) is 45.3 Å². The van der Waals surface area contributed by atoms with Crippen molar-refractivity contribution in [3.05, 3.63) is 11.1 Å². The van der Waals surface area contributed by atoms with Gasteiger partial charge in [-0.2, -0.15) is 0 Å². The van der Waals surface area contributed by atoms with E-state index in [1.165, 1.54) is 64.2 Å². The molecule has 1 fully saturated rings. The molecular formula is C13H23P3. The van der Waals surface area contributed by atoms with Crippen LogP contribution in [-0.2, 0) is 0 Å². The van der Waals surface area contributed by atoms with Gasteiger partial charge in [0.05, 0.1) is 0 Å². The molecule has 0 bridgehead atoms. The van der Waals surface area contributed by atoms with E-state index in [1.807, 2.05) is 0 Å². The van der Waals surface area contributed by atoms with Crippen LogP contribution < -0.4 is 0 Å². The van der Waals surface area contributed by atoms with Crippen molar-refractivity contribution in [1.82, 2.24) is 0 Å². The fourth-order valence-corrected chi connectivity index (χ4v) is 8.64. The van der Waals surface area contributed by atoms with Gasteiger partial charge in [0.25, 0.3) is 0 Å². The molecule has 0 N–H and O–H groups in total. The van der Waals surface area contributed by atoms with E-state index in [9.17, 15) is 0 Å². The van der Waals surface area contributed by atoms with E-state index in [0.717, 1.165) is 13.8 Å². The van der Waals surface area contributed by atoms with Crippen molar-refractivity contribution < 1.29 is 0 Å². The zero-order valence-electron chi connectivity index (χ0n) is 10.1. The number of hydrogen-bond acceptors (Lipinski definition) is 0. The van der Waals surface area contributed by atoms with Crippen molar-refractivity contribution in [3.8, 4) is 0 Å². The summed E-state index contributed by atoms with van der Waals surface area (Å²) in [5.74, 6) is 3.52. The Kier molecular flexibility index (Phi) is 6.43. The summed E-state index contributed by atoms with van der Waals surface area (Å²) in [7, 11) is 4.41. The van der Waals surface area contributed by atoms with Crippen LogP contribution in [0.4, 0.5) is 0 Å². The van der Waals surface area contributed by atoms with Crippen molar-refractivity contribution in [2.75, 3.05) is 0 Å². The Balaban J connectivity index is 1.88. The molecule has 0 aliphatic heterocycles. The summed E-state index contributed by atoms with van der Waals surface area (Å²) in [6, 6.07) is 0. The first kappa shape index (κ1) is 13.1. The zero-order chi connectivity index (χ0) is 11.1. The zero-order valence-corrected chi connectivity index (χ0v) is 12.9. The maximum atomic E-state index is 2.56. The second kappa shape index (κ2) is 7.87. The summed E-state index contributed by atoms with van der Waals surface area (Å²) >= 11 is 0. The van der Waals surface area contributed by atoms with E-state index in [-0.39, 0.29) is 0 Å². The lowest BCUT2D eigenvalue weighted by atomic mass is 9.95. The van der Waals surface area contributed by atoms with Crippen LogP contribution in [0.5, 0.6) is 0 Å². The van der Waals surface area contributed by atoms with Gasteiger partial charge in [0.15, 0.2) is 0 Å². The number of hydrogen-bond donors (Lipinski definition) is 0. The van der Waals surface area contributed by atoms with Gasteiger partial charge in [0.1, 0.15) is 0 Å². The fourth-order valence-electron chi connectivity index (χ4n) is 2.69. The molecule has 1 aliphatic rings. The first-order valence-corrected chi connectivity index (χ1v) is 11.2. The summed E-state index contributed by atoms with van der Waals surface area (Å²) < 4.78 is 0. The molecule has 3 heteroatoms. The third kappa shape index (κ3) is 4.49. The van der Waals surface area contributed by atoms with Crippen LogP contribution in [-0.4, -0.2) is 0 Å². The second-order valence-corrected chi connectivity index (χ2v) is 10.2. The van der Waals surface area contributed by atoms with Gasteiger partial charge in [-0.1, -0.05) is 51.4 Å². The molecular weight excluding hydrogens is 249 g/mol. The van der Waals surface area contributed by atoms with Crippen molar-refractivity contribution in [1.29, 1.82) is 0 Å². The summed E-state index contributed by atoms with van der Waals surface area (Å²) in [6.07, 6.45) is 14.9. The van der Waals surface area contributed by atoms with Crippen molar-refractivity contribution >= 4 is 23.3 Å². The standard InChI is InChI=1S/C13H23P3/c1-2-4-6-8-10-12(9-7-5-3-1)13-11-14-16-15-13/h11-12,14H,1-10H2. The summed E-state index contributed by atoms with van der Waals surface area (Å²) in [5, 5.41) is 1.80. The molecule has 0 saturated heterocycles. The highest BCUT2D eigenvalue weighted by molar-refractivity contribution is 8.17. The Morgan fingerprint density at radius 3 is 1.94 bits per heavy atom. The predicted octanol–water partition coefficient (Wildman–Crippen LogP) is 6.88. The fraction of sp³-hybridized carbons (Fsp3) is 0.846. The molecule has 1 unspecified atom stereocenters. The molecule has 1 aromatic heterocycles. The molecule has 1 heterocycles. The summed E-state index contributed by atoms with van der Waals surface area (Å²) in [6.45, 7) is 0. The Bertz CT molecular complexity index is 257. The minimum atomic E-state index is 0.960. The van der Waals surface area contributed by atoms with E-state index < -0.39 is 0 Å². The predicted molar refractivity (Wildman–Crippen MR) is 79.9 cm³/mol. The molecule has 16 heavy (non-hydrogen) atoms. The van der Waals surface area contributed by atoms with Crippen LogP contribution in [0.2, 0.25) is 0 Å². The normalized spacial score (nSPS) is 23.0. The highest BCUT2D eigenvalue weighted by Gasteiger charge is 2.12. The second-order valence-electron chi connectivity index (χ2n) is 5.00. The molecule has 1 atom stereocenters. The minimum absolute atomic E-state index is 0.960. The van der Waals surface area contributed by atoms with E-state index in [4.69, 9.17) is 0 Å². The van der Waals surface area contributed by atoms with Gasteiger partial charge in [0.2, 0.25) is 0 Å². The quantitative estimate of drug-likeness (QED) is 0.523. The smallest absolute Gasteiger partial charge is 0.00865 e. The maximum Gasteiger partial charge on any atom is -0.00865 e. The molecule has 0 amide bonds. The molecule has 0 aromatic carbocycles. The van der Waals surface area contributed by atoms with Gasteiger partial charge in [-0.15, -0.1) is 7.87 Å². The van der Waals surface area contributed by atoms with E-state index in [0.29, 0.717) is 0 Å². The lowest BCUT2D eigenvalue weighted by Crippen LogP contribution is -1.96. The van der Waals surface area contributed by atoms with E-state index in [1.54, 1.807) is 20.7 Å². The topological polar surface area (TPSA) is 0 Å². The van der Waals surface area contributed by atoms with Crippen LogP contribution in [0.15, 0.2) is 5.80 Å². The van der Waals surface area contributed by atoms with Gasteiger partial charge in [-0.25, -0.2) is 0 Å². The Hall–Kier alpha value is 0.640. The van der Waals surface area contributed by atoms with E-state index in [2.05, 4.69) is 5.80 Å². The van der Waals surface area contributed by atoms with Crippen molar-refractivity contribution in [3.63, 3.8) is 0 Å². The first-order chi connectivity index (χ1) is 7.97. The van der Waals surface area contributed by atoms with Crippen LogP contribution in [0.3, 0.4) is 0 Å². The molecule has 1 saturated carbocycles. The monoisotopic (exact) mass is 272 g/mol. The van der Waals surface area contributed by atoms with Crippen LogP contribution in [0.1, 0.15) is 75.4 Å². The molecule has 1 aromatic rings. The summed E-state index contributed by atoms with van der Waals surface area (Å²) in [4.78, 5) is 0. The van der Waals surface area contributed by atoms with Crippen LogP contribution in [0.25, 0.3) is 0 Å². The minimum Gasteiger partial charge on any atom is -0.105 e. The van der Waals surface area contributed by atoms with E-state index >= 15 is 0 Å². The average molecular weight is 272 g/mol. The average Bonchev–Trinajstić information content (AvgIpc) is 2.79. The molecule has 0 nitrogen and oxygen atoms in total. The molecule has 2 rings (SSSR count). The SMILES string of the molecule is c1[pH]ppc1C1CCCCCCCCCC1. The first-order valence-electron chi connectivity index (χ1n) is 6.83. The lowest BCUT2D eigenvalue weighted by molar-refractivity contribution is 0.521. The molecule has 0 radical (unpaired) electrons.